The van der Waals surface area contributed by atoms with E-state index in [4.69, 9.17) is 0 Å². The van der Waals surface area contributed by atoms with Crippen LogP contribution in [0.5, 0.6) is 0 Å². The van der Waals surface area contributed by atoms with Crippen molar-refractivity contribution in [2.24, 2.45) is 0 Å². The van der Waals surface area contributed by atoms with E-state index in [1.165, 1.54) is 12.1 Å². The molecule has 1 N–H and O–H groups in total. The van der Waals surface area contributed by atoms with Crippen molar-refractivity contribution in [2.75, 3.05) is 32.7 Å². The summed E-state index contributed by atoms with van der Waals surface area (Å²) < 4.78 is 13.0. The summed E-state index contributed by atoms with van der Waals surface area (Å²) in [5, 5.41) is 2.92. The number of nitrogens with zero attached hydrogens (tertiary/aromatic N) is 2. The molecule has 0 unspecified atom stereocenters. The molecule has 0 bridgehead atoms. The van der Waals surface area contributed by atoms with Gasteiger partial charge >= 0.3 is 6.03 Å². The maximum absolute atomic E-state index is 13.0. The zero-order chi connectivity index (χ0) is 16.2. The molecule has 1 aliphatic heterocycles. The first-order valence-electron chi connectivity index (χ1n) is 7.40. The number of rotatable bonds is 4. The molecule has 1 saturated heterocycles. The lowest BCUT2D eigenvalue weighted by atomic mass is 9.84. The van der Waals surface area contributed by atoms with Crippen molar-refractivity contribution in [3.05, 3.63) is 35.6 Å². The van der Waals surface area contributed by atoms with Gasteiger partial charge in [0.05, 0.1) is 0 Å². The molecule has 1 fully saturated rings. The van der Waals surface area contributed by atoms with Crippen LogP contribution in [0.4, 0.5) is 9.18 Å². The Morgan fingerprint density at radius 1 is 1.23 bits per heavy atom. The first-order valence-corrected chi connectivity index (χ1v) is 7.40. The standard InChI is InChI=1S/C16H22FN3O2/c1-16(2,13-3-5-14(17)6-4-13)11-18-15(22)20-9-7-19(12-21)8-10-20/h3-6,12H,7-11H2,1-2H3,(H,18,22). The highest BCUT2D eigenvalue weighted by atomic mass is 19.1. The van der Waals surface area contributed by atoms with Gasteiger partial charge in [0.15, 0.2) is 0 Å². The van der Waals surface area contributed by atoms with Crippen LogP contribution in [0, 0.1) is 5.82 Å². The van der Waals surface area contributed by atoms with Crippen molar-refractivity contribution < 1.29 is 14.0 Å². The van der Waals surface area contributed by atoms with E-state index >= 15 is 0 Å². The van der Waals surface area contributed by atoms with Crippen molar-refractivity contribution in [1.82, 2.24) is 15.1 Å². The van der Waals surface area contributed by atoms with Crippen LogP contribution >= 0.6 is 0 Å². The smallest absolute Gasteiger partial charge is 0.317 e. The molecule has 1 aromatic rings. The third-order valence-corrected chi connectivity index (χ3v) is 4.06. The largest absolute Gasteiger partial charge is 0.342 e. The summed E-state index contributed by atoms with van der Waals surface area (Å²) >= 11 is 0. The second kappa shape index (κ2) is 6.77. The molecule has 0 aliphatic carbocycles. The van der Waals surface area contributed by atoms with Crippen LogP contribution in [0.3, 0.4) is 0 Å². The van der Waals surface area contributed by atoms with E-state index in [1.807, 2.05) is 13.8 Å². The van der Waals surface area contributed by atoms with Crippen LogP contribution in [-0.4, -0.2) is 55.0 Å². The number of benzene rings is 1. The van der Waals surface area contributed by atoms with E-state index < -0.39 is 0 Å². The van der Waals surface area contributed by atoms with Crippen molar-refractivity contribution >= 4 is 12.4 Å². The quantitative estimate of drug-likeness (QED) is 0.859. The molecular weight excluding hydrogens is 285 g/mol. The fourth-order valence-corrected chi connectivity index (χ4v) is 2.44. The monoisotopic (exact) mass is 307 g/mol. The van der Waals surface area contributed by atoms with Gasteiger partial charge in [-0.15, -0.1) is 0 Å². The molecule has 6 heteroatoms. The zero-order valence-corrected chi connectivity index (χ0v) is 13.0. The molecule has 0 saturated carbocycles. The van der Waals surface area contributed by atoms with Crippen LogP contribution < -0.4 is 5.32 Å². The Bertz CT molecular complexity index is 523. The molecule has 0 aromatic heterocycles. The molecule has 0 radical (unpaired) electrons. The van der Waals surface area contributed by atoms with E-state index in [2.05, 4.69) is 5.32 Å². The van der Waals surface area contributed by atoms with Crippen LogP contribution in [0.1, 0.15) is 19.4 Å². The summed E-state index contributed by atoms with van der Waals surface area (Å²) in [7, 11) is 0. The lowest BCUT2D eigenvalue weighted by molar-refractivity contribution is -0.119. The third-order valence-electron chi connectivity index (χ3n) is 4.06. The number of hydrogen-bond acceptors (Lipinski definition) is 2. The molecule has 22 heavy (non-hydrogen) atoms. The minimum absolute atomic E-state index is 0.124. The minimum atomic E-state index is -0.284. The molecular formula is C16H22FN3O2. The number of hydrogen-bond donors (Lipinski definition) is 1. The first kappa shape index (κ1) is 16.3. The predicted octanol–water partition coefficient (Wildman–Crippen LogP) is 1.59. The molecule has 120 valence electrons. The molecule has 1 aliphatic rings. The Balaban J connectivity index is 1.87. The van der Waals surface area contributed by atoms with E-state index in [-0.39, 0.29) is 17.3 Å². The first-order chi connectivity index (χ1) is 10.4. The van der Waals surface area contributed by atoms with Gasteiger partial charge in [-0.1, -0.05) is 26.0 Å². The molecule has 1 heterocycles. The van der Waals surface area contributed by atoms with Crippen LogP contribution in [0.25, 0.3) is 0 Å². The van der Waals surface area contributed by atoms with Crippen molar-refractivity contribution in [3.8, 4) is 0 Å². The van der Waals surface area contributed by atoms with E-state index in [1.54, 1.807) is 21.9 Å². The molecule has 2 rings (SSSR count). The van der Waals surface area contributed by atoms with Gasteiger partial charge in [0.1, 0.15) is 5.82 Å². The minimum Gasteiger partial charge on any atom is -0.342 e. The van der Waals surface area contributed by atoms with E-state index in [0.29, 0.717) is 32.7 Å². The van der Waals surface area contributed by atoms with Crippen LogP contribution in [0.2, 0.25) is 0 Å². The van der Waals surface area contributed by atoms with Gasteiger partial charge in [-0.3, -0.25) is 4.79 Å². The average Bonchev–Trinajstić information content (AvgIpc) is 2.53. The Hall–Kier alpha value is -2.11. The summed E-state index contributed by atoms with van der Waals surface area (Å²) in [6.07, 6.45) is 0.812. The zero-order valence-electron chi connectivity index (χ0n) is 13.0. The van der Waals surface area contributed by atoms with Crippen molar-refractivity contribution in [2.45, 2.75) is 19.3 Å². The van der Waals surface area contributed by atoms with Gasteiger partial charge in [0.2, 0.25) is 6.41 Å². The van der Waals surface area contributed by atoms with Gasteiger partial charge in [-0.2, -0.15) is 0 Å². The average molecular weight is 307 g/mol. The number of carbonyl (C=O) groups excluding carboxylic acids is 2. The van der Waals surface area contributed by atoms with Gasteiger partial charge in [0, 0.05) is 38.1 Å². The number of piperazine rings is 1. The van der Waals surface area contributed by atoms with Gasteiger partial charge in [-0.25, -0.2) is 9.18 Å². The highest BCUT2D eigenvalue weighted by Crippen LogP contribution is 2.22. The maximum atomic E-state index is 13.0. The number of urea groups is 1. The number of nitrogens with one attached hydrogen (secondary N) is 1. The summed E-state index contributed by atoms with van der Waals surface area (Å²) in [6, 6.07) is 6.21. The lowest BCUT2D eigenvalue weighted by Gasteiger charge is -2.34. The third kappa shape index (κ3) is 3.96. The highest BCUT2D eigenvalue weighted by Gasteiger charge is 2.24. The number of carbonyl (C=O) groups is 2. The van der Waals surface area contributed by atoms with Gasteiger partial charge < -0.3 is 15.1 Å². The number of halogens is 1. The van der Waals surface area contributed by atoms with Gasteiger partial charge in [0.25, 0.3) is 0 Å². The second-order valence-corrected chi connectivity index (χ2v) is 6.18. The SMILES string of the molecule is CC(C)(CNC(=O)N1CCN(C=O)CC1)c1ccc(F)cc1. The fraction of sp³-hybridized carbons (Fsp3) is 0.500. The summed E-state index contributed by atoms with van der Waals surface area (Å²) in [5.74, 6) is -0.267. The van der Waals surface area contributed by atoms with Crippen molar-refractivity contribution in [1.29, 1.82) is 0 Å². The van der Waals surface area contributed by atoms with Crippen molar-refractivity contribution in [3.63, 3.8) is 0 Å². The summed E-state index contributed by atoms with van der Waals surface area (Å²) in [6.45, 7) is 6.70. The Kier molecular flexibility index (Phi) is 5.00. The fourth-order valence-electron chi connectivity index (χ4n) is 2.44. The van der Waals surface area contributed by atoms with E-state index in [9.17, 15) is 14.0 Å². The molecule has 5 nitrogen and oxygen atoms in total. The highest BCUT2D eigenvalue weighted by molar-refractivity contribution is 5.74. The second-order valence-electron chi connectivity index (χ2n) is 6.18. The Morgan fingerprint density at radius 3 is 2.36 bits per heavy atom. The van der Waals surface area contributed by atoms with E-state index in [0.717, 1.165) is 12.0 Å². The van der Waals surface area contributed by atoms with Gasteiger partial charge in [-0.05, 0) is 17.7 Å². The molecule has 0 atom stereocenters. The van der Waals surface area contributed by atoms with Crippen LogP contribution in [0.15, 0.2) is 24.3 Å². The Labute approximate surface area is 130 Å². The summed E-state index contributed by atoms with van der Waals surface area (Å²) in [4.78, 5) is 26.2. The predicted molar refractivity (Wildman–Crippen MR) is 82.0 cm³/mol. The molecule has 0 spiro atoms. The maximum Gasteiger partial charge on any atom is 0.317 e. The number of amides is 3. The lowest BCUT2D eigenvalue weighted by Crippen LogP contribution is -2.52. The normalized spacial score (nSPS) is 15.6. The Morgan fingerprint density at radius 2 is 1.82 bits per heavy atom. The molecule has 3 amide bonds. The molecule has 1 aromatic carbocycles. The van der Waals surface area contributed by atoms with Crippen LogP contribution in [-0.2, 0) is 10.2 Å². The summed E-state index contributed by atoms with van der Waals surface area (Å²) in [5.41, 5.74) is 0.688. The topological polar surface area (TPSA) is 52.7 Å².